The predicted octanol–water partition coefficient (Wildman–Crippen LogP) is 0.231. The number of methoxy groups -OCH3 is 1. The second-order valence-corrected chi connectivity index (χ2v) is 3.72. The van der Waals surface area contributed by atoms with Gasteiger partial charge in [0.15, 0.2) is 5.69 Å². The molecule has 0 saturated carbocycles. The molecule has 1 aromatic heterocycles. The molecule has 2 N–H and O–H groups in total. The van der Waals surface area contributed by atoms with Gasteiger partial charge in [0.05, 0.1) is 18.6 Å². The van der Waals surface area contributed by atoms with E-state index in [0.717, 1.165) is 0 Å². The largest absolute Gasteiger partial charge is 0.382 e. The Balaban J connectivity index is 2.23. The van der Waals surface area contributed by atoms with Crippen molar-refractivity contribution in [3.8, 4) is 0 Å². The molecule has 19 heavy (non-hydrogen) atoms. The highest BCUT2D eigenvalue weighted by Crippen LogP contribution is 2.11. The number of fused-ring (bicyclic) bond motifs is 1. The summed E-state index contributed by atoms with van der Waals surface area (Å²) < 4.78 is 4.78. The van der Waals surface area contributed by atoms with Crippen LogP contribution >= 0.6 is 0 Å². The van der Waals surface area contributed by atoms with Crippen molar-refractivity contribution in [3.05, 3.63) is 40.3 Å². The van der Waals surface area contributed by atoms with Gasteiger partial charge in [0.25, 0.3) is 11.5 Å². The molecular weight excluding hydrogens is 250 g/mol. The number of ether oxygens (including phenoxy) is 1. The number of aromatic nitrogens is 2. The van der Waals surface area contributed by atoms with Crippen LogP contribution in [0.25, 0.3) is 10.8 Å². The number of hydroxylamine groups is 1. The molecule has 0 spiro atoms. The maximum Gasteiger partial charge on any atom is 0.295 e. The minimum atomic E-state index is -0.524. The van der Waals surface area contributed by atoms with E-state index in [1.165, 1.54) is 7.11 Å². The first kappa shape index (κ1) is 13.2. The number of nitrogens with zero attached hydrogens (tertiary/aromatic N) is 1. The fourth-order valence-corrected chi connectivity index (χ4v) is 1.58. The average Bonchev–Trinajstić information content (AvgIpc) is 2.44. The Morgan fingerprint density at radius 1 is 1.32 bits per heavy atom. The van der Waals surface area contributed by atoms with Gasteiger partial charge in [0.1, 0.15) is 0 Å². The summed E-state index contributed by atoms with van der Waals surface area (Å²) in [6.07, 6.45) is 0. The van der Waals surface area contributed by atoms with E-state index in [-0.39, 0.29) is 17.9 Å². The molecule has 1 heterocycles. The van der Waals surface area contributed by atoms with Crippen LogP contribution in [0.3, 0.4) is 0 Å². The highest BCUT2D eigenvalue weighted by Gasteiger charge is 2.13. The third kappa shape index (κ3) is 2.95. The highest BCUT2D eigenvalue weighted by atomic mass is 16.7. The molecule has 1 amide bonds. The highest BCUT2D eigenvalue weighted by molar-refractivity contribution is 6.04. The van der Waals surface area contributed by atoms with Gasteiger partial charge < -0.3 is 4.74 Å². The predicted molar refractivity (Wildman–Crippen MR) is 67.7 cm³/mol. The van der Waals surface area contributed by atoms with Crippen molar-refractivity contribution in [2.24, 2.45) is 0 Å². The van der Waals surface area contributed by atoms with E-state index in [1.54, 1.807) is 24.3 Å². The van der Waals surface area contributed by atoms with Crippen LogP contribution in [0.5, 0.6) is 0 Å². The van der Waals surface area contributed by atoms with E-state index in [9.17, 15) is 9.59 Å². The fourth-order valence-electron chi connectivity index (χ4n) is 1.58. The lowest BCUT2D eigenvalue weighted by Gasteiger charge is -2.06. The monoisotopic (exact) mass is 263 g/mol. The molecule has 0 aliphatic carbocycles. The third-order valence-electron chi connectivity index (χ3n) is 2.47. The summed E-state index contributed by atoms with van der Waals surface area (Å²) in [6, 6.07) is 6.72. The summed E-state index contributed by atoms with van der Waals surface area (Å²) in [4.78, 5) is 28.3. The van der Waals surface area contributed by atoms with Crippen LogP contribution in [-0.2, 0) is 9.57 Å². The van der Waals surface area contributed by atoms with Gasteiger partial charge in [-0.05, 0) is 6.07 Å². The fraction of sp³-hybridized carbons (Fsp3) is 0.250. The van der Waals surface area contributed by atoms with E-state index in [1.807, 2.05) is 0 Å². The topological polar surface area (TPSA) is 93.3 Å². The Bertz CT molecular complexity index is 638. The van der Waals surface area contributed by atoms with E-state index < -0.39 is 5.91 Å². The van der Waals surface area contributed by atoms with Crippen LogP contribution < -0.4 is 11.0 Å². The number of hydrogen-bond donors (Lipinski definition) is 2. The summed E-state index contributed by atoms with van der Waals surface area (Å²) >= 11 is 0. The Kier molecular flexibility index (Phi) is 4.22. The van der Waals surface area contributed by atoms with Crippen molar-refractivity contribution in [2.75, 3.05) is 20.3 Å². The number of rotatable bonds is 5. The molecule has 7 heteroatoms. The molecule has 7 nitrogen and oxygen atoms in total. The SMILES string of the molecule is COCCONC(=O)c1n[nH]c(=O)c2ccccc12. The summed E-state index contributed by atoms with van der Waals surface area (Å²) in [7, 11) is 1.53. The number of benzene rings is 1. The van der Waals surface area contributed by atoms with Crippen LogP contribution in [0.2, 0.25) is 0 Å². The normalized spacial score (nSPS) is 10.6. The summed E-state index contributed by atoms with van der Waals surface area (Å²) in [6.45, 7) is 0.587. The standard InChI is InChI=1S/C12H13N3O4/c1-18-6-7-19-15-12(17)10-8-4-2-3-5-9(8)11(16)14-13-10/h2-5H,6-7H2,1H3,(H,14,16)(H,15,17). The van der Waals surface area contributed by atoms with Gasteiger partial charge >= 0.3 is 0 Å². The average molecular weight is 263 g/mol. The quantitative estimate of drug-likeness (QED) is 0.595. The van der Waals surface area contributed by atoms with E-state index in [2.05, 4.69) is 15.7 Å². The smallest absolute Gasteiger partial charge is 0.295 e. The van der Waals surface area contributed by atoms with Gasteiger partial charge in [-0.3, -0.25) is 14.4 Å². The lowest BCUT2D eigenvalue weighted by molar-refractivity contribution is 0.00863. The van der Waals surface area contributed by atoms with Crippen molar-refractivity contribution in [1.82, 2.24) is 15.7 Å². The van der Waals surface area contributed by atoms with Crippen molar-refractivity contribution >= 4 is 16.7 Å². The second kappa shape index (κ2) is 6.07. The van der Waals surface area contributed by atoms with Gasteiger partial charge in [-0.25, -0.2) is 10.6 Å². The lowest BCUT2D eigenvalue weighted by atomic mass is 10.1. The molecule has 2 aromatic rings. The number of H-pyrrole nitrogens is 1. The number of carbonyl (C=O) groups excluding carboxylic acids is 1. The van der Waals surface area contributed by atoms with E-state index in [0.29, 0.717) is 17.4 Å². The summed E-state index contributed by atoms with van der Waals surface area (Å²) in [5.41, 5.74) is 2.01. The van der Waals surface area contributed by atoms with Crippen LogP contribution in [0.1, 0.15) is 10.5 Å². The molecule has 1 aromatic carbocycles. The second-order valence-electron chi connectivity index (χ2n) is 3.72. The Hall–Kier alpha value is -2.25. The number of aromatic amines is 1. The number of amides is 1. The molecule has 0 aliphatic rings. The van der Waals surface area contributed by atoms with Crippen molar-refractivity contribution in [2.45, 2.75) is 0 Å². The van der Waals surface area contributed by atoms with Gasteiger partial charge in [0.2, 0.25) is 0 Å². The van der Waals surface area contributed by atoms with E-state index >= 15 is 0 Å². The first-order chi connectivity index (χ1) is 9.24. The third-order valence-corrected chi connectivity index (χ3v) is 2.47. The zero-order valence-electron chi connectivity index (χ0n) is 10.3. The lowest BCUT2D eigenvalue weighted by Crippen LogP contribution is -2.28. The molecule has 0 bridgehead atoms. The van der Waals surface area contributed by atoms with Crippen LogP contribution in [-0.4, -0.2) is 36.4 Å². The zero-order valence-corrected chi connectivity index (χ0v) is 10.3. The van der Waals surface area contributed by atoms with Crippen molar-refractivity contribution < 1.29 is 14.4 Å². The molecule has 0 radical (unpaired) electrons. The number of carbonyl (C=O) groups is 1. The van der Waals surface area contributed by atoms with Crippen LogP contribution in [0.15, 0.2) is 29.1 Å². The first-order valence-electron chi connectivity index (χ1n) is 5.62. The maximum absolute atomic E-state index is 11.9. The summed E-state index contributed by atoms with van der Waals surface area (Å²) in [5.74, 6) is -0.524. The molecule has 0 atom stereocenters. The number of hydrogen-bond acceptors (Lipinski definition) is 5. The Morgan fingerprint density at radius 3 is 2.79 bits per heavy atom. The molecular formula is C12H13N3O4. The van der Waals surface area contributed by atoms with Gasteiger partial charge in [-0.1, -0.05) is 18.2 Å². The van der Waals surface area contributed by atoms with Crippen molar-refractivity contribution in [1.29, 1.82) is 0 Å². The Morgan fingerprint density at radius 2 is 2.05 bits per heavy atom. The van der Waals surface area contributed by atoms with E-state index in [4.69, 9.17) is 9.57 Å². The molecule has 0 fully saturated rings. The molecule has 0 aliphatic heterocycles. The first-order valence-corrected chi connectivity index (χ1v) is 5.62. The maximum atomic E-state index is 11.9. The van der Waals surface area contributed by atoms with Gasteiger partial charge in [-0.15, -0.1) is 0 Å². The molecule has 0 saturated heterocycles. The van der Waals surface area contributed by atoms with Crippen LogP contribution in [0.4, 0.5) is 0 Å². The minimum Gasteiger partial charge on any atom is -0.382 e. The number of nitrogens with one attached hydrogen (secondary N) is 2. The molecule has 2 rings (SSSR count). The zero-order chi connectivity index (χ0) is 13.7. The molecule has 0 unspecified atom stereocenters. The van der Waals surface area contributed by atoms with Crippen LogP contribution in [0, 0.1) is 0 Å². The van der Waals surface area contributed by atoms with Gasteiger partial charge in [0, 0.05) is 12.5 Å². The van der Waals surface area contributed by atoms with Crippen molar-refractivity contribution in [3.63, 3.8) is 0 Å². The molecule has 100 valence electrons. The van der Waals surface area contributed by atoms with Gasteiger partial charge in [-0.2, -0.15) is 5.10 Å². The Labute approximate surface area is 108 Å². The summed E-state index contributed by atoms with van der Waals surface area (Å²) in [5, 5.41) is 6.90. The minimum absolute atomic E-state index is 0.104.